The molecule has 0 saturated heterocycles. The van der Waals surface area contributed by atoms with Crippen molar-refractivity contribution in [3.05, 3.63) is 24.4 Å². The third-order valence-corrected chi connectivity index (χ3v) is 1.72. The second-order valence-corrected chi connectivity index (χ2v) is 2.70. The molecule has 2 aromatic heterocycles. The van der Waals surface area contributed by atoms with Crippen LogP contribution in [0.15, 0.2) is 18.6 Å². The highest BCUT2D eigenvalue weighted by Gasteiger charge is 2.03. The number of nitrogens with zero attached hydrogens (tertiary/aromatic N) is 3. The SMILES string of the molecule is Cn1cc(-c2cnc(C=O)[nH]2)cn1. The molecule has 0 spiro atoms. The van der Waals surface area contributed by atoms with Crippen molar-refractivity contribution in [2.24, 2.45) is 7.05 Å². The van der Waals surface area contributed by atoms with Gasteiger partial charge in [0.25, 0.3) is 0 Å². The molecule has 2 aromatic rings. The van der Waals surface area contributed by atoms with E-state index in [1.807, 2.05) is 13.2 Å². The lowest BCUT2D eigenvalue weighted by Crippen LogP contribution is -1.84. The standard InChI is InChI=1S/C8H8N4O/c1-12-4-6(2-10-12)7-3-9-8(5-13)11-7/h2-5H,1H3,(H,9,11). The van der Waals surface area contributed by atoms with Crippen molar-refractivity contribution in [2.75, 3.05) is 0 Å². The van der Waals surface area contributed by atoms with E-state index in [1.54, 1.807) is 17.1 Å². The molecular formula is C8H8N4O. The number of hydrogen-bond acceptors (Lipinski definition) is 3. The molecule has 1 N–H and O–H groups in total. The normalized spacial score (nSPS) is 10.2. The van der Waals surface area contributed by atoms with Crippen LogP contribution in [-0.4, -0.2) is 26.0 Å². The molecule has 0 radical (unpaired) electrons. The van der Waals surface area contributed by atoms with Crippen LogP contribution in [0.5, 0.6) is 0 Å². The van der Waals surface area contributed by atoms with E-state index in [-0.39, 0.29) is 0 Å². The van der Waals surface area contributed by atoms with E-state index >= 15 is 0 Å². The maximum atomic E-state index is 10.3. The second-order valence-electron chi connectivity index (χ2n) is 2.70. The summed E-state index contributed by atoms with van der Waals surface area (Å²) in [6.07, 6.45) is 5.85. The fraction of sp³-hybridized carbons (Fsp3) is 0.125. The van der Waals surface area contributed by atoms with Crippen LogP contribution in [0, 0.1) is 0 Å². The van der Waals surface area contributed by atoms with Crippen molar-refractivity contribution in [1.29, 1.82) is 0 Å². The first kappa shape index (κ1) is 7.72. The lowest BCUT2D eigenvalue weighted by atomic mass is 10.3. The van der Waals surface area contributed by atoms with Gasteiger partial charge in [-0.15, -0.1) is 0 Å². The molecule has 66 valence electrons. The van der Waals surface area contributed by atoms with Crippen molar-refractivity contribution in [1.82, 2.24) is 19.7 Å². The maximum absolute atomic E-state index is 10.3. The number of carbonyl (C=O) groups is 1. The van der Waals surface area contributed by atoms with Gasteiger partial charge in [-0.3, -0.25) is 9.48 Å². The van der Waals surface area contributed by atoms with E-state index in [4.69, 9.17) is 0 Å². The number of carbonyl (C=O) groups excluding carboxylic acids is 1. The van der Waals surface area contributed by atoms with Crippen LogP contribution in [0.1, 0.15) is 10.6 Å². The molecule has 2 heterocycles. The summed E-state index contributed by atoms with van der Waals surface area (Å²) in [5.74, 6) is 0.332. The molecular weight excluding hydrogens is 168 g/mol. The number of rotatable bonds is 2. The van der Waals surface area contributed by atoms with Gasteiger partial charge in [-0.05, 0) is 0 Å². The first-order chi connectivity index (χ1) is 6.29. The van der Waals surface area contributed by atoms with Crippen LogP contribution >= 0.6 is 0 Å². The Bertz CT molecular complexity index is 429. The van der Waals surface area contributed by atoms with Gasteiger partial charge in [-0.2, -0.15) is 5.10 Å². The number of nitrogens with one attached hydrogen (secondary N) is 1. The molecule has 0 aliphatic heterocycles. The molecule has 0 atom stereocenters. The summed E-state index contributed by atoms with van der Waals surface area (Å²) in [4.78, 5) is 17.1. The molecule has 0 aromatic carbocycles. The molecule has 2 rings (SSSR count). The number of hydrogen-bond donors (Lipinski definition) is 1. The lowest BCUT2D eigenvalue weighted by molar-refractivity contribution is 0.111. The highest BCUT2D eigenvalue weighted by atomic mass is 16.1. The van der Waals surface area contributed by atoms with E-state index < -0.39 is 0 Å². The smallest absolute Gasteiger partial charge is 0.185 e. The Labute approximate surface area is 74.4 Å². The van der Waals surface area contributed by atoms with Gasteiger partial charge in [0.05, 0.1) is 18.1 Å². The fourth-order valence-corrected chi connectivity index (χ4v) is 1.10. The highest BCUT2D eigenvalue weighted by molar-refractivity contribution is 5.71. The third kappa shape index (κ3) is 1.35. The van der Waals surface area contributed by atoms with E-state index in [1.165, 1.54) is 0 Å². The van der Waals surface area contributed by atoms with Crippen LogP contribution in [0.4, 0.5) is 0 Å². The molecule has 5 heteroatoms. The summed E-state index contributed by atoms with van der Waals surface area (Å²) < 4.78 is 1.69. The zero-order valence-corrected chi connectivity index (χ0v) is 7.06. The van der Waals surface area contributed by atoms with Crippen LogP contribution in [0.3, 0.4) is 0 Å². The Morgan fingerprint density at radius 2 is 2.38 bits per heavy atom. The highest BCUT2D eigenvalue weighted by Crippen LogP contribution is 2.14. The molecule has 0 amide bonds. The van der Waals surface area contributed by atoms with Crippen LogP contribution in [-0.2, 0) is 7.05 Å². The topological polar surface area (TPSA) is 63.6 Å². The minimum atomic E-state index is 0.332. The van der Waals surface area contributed by atoms with Crippen molar-refractivity contribution in [2.45, 2.75) is 0 Å². The summed E-state index contributed by atoms with van der Waals surface area (Å²) in [7, 11) is 1.83. The molecule has 0 bridgehead atoms. The maximum Gasteiger partial charge on any atom is 0.185 e. The second kappa shape index (κ2) is 2.85. The quantitative estimate of drug-likeness (QED) is 0.682. The summed E-state index contributed by atoms with van der Waals surface area (Å²) in [5, 5.41) is 4.01. The predicted molar refractivity (Wildman–Crippen MR) is 46.2 cm³/mol. The number of aryl methyl sites for hydroxylation is 1. The minimum Gasteiger partial charge on any atom is -0.336 e. The Kier molecular flexibility index (Phi) is 1.70. The number of aromatic amines is 1. The molecule has 5 nitrogen and oxygen atoms in total. The van der Waals surface area contributed by atoms with Gasteiger partial charge in [0.15, 0.2) is 12.1 Å². The molecule has 0 saturated carbocycles. The molecule has 0 unspecified atom stereocenters. The Morgan fingerprint density at radius 3 is 2.92 bits per heavy atom. The minimum absolute atomic E-state index is 0.332. The molecule has 0 aliphatic carbocycles. The van der Waals surface area contributed by atoms with Crippen molar-refractivity contribution in [3.63, 3.8) is 0 Å². The van der Waals surface area contributed by atoms with Gasteiger partial charge in [-0.1, -0.05) is 0 Å². The molecule has 0 fully saturated rings. The van der Waals surface area contributed by atoms with Gasteiger partial charge >= 0.3 is 0 Å². The largest absolute Gasteiger partial charge is 0.336 e. The molecule has 0 aliphatic rings. The number of imidazole rings is 1. The van der Waals surface area contributed by atoms with E-state index in [9.17, 15) is 4.79 Å². The monoisotopic (exact) mass is 176 g/mol. The molecule has 13 heavy (non-hydrogen) atoms. The lowest BCUT2D eigenvalue weighted by Gasteiger charge is -1.87. The Morgan fingerprint density at radius 1 is 1.54 bits per heavy atom. The van der Waals surface area contributed by atoms with Crippen molar-refractivity contribution >= 4 is 6.29 Å². The number of aldehydes is 1. The summed E-state index contributed by atoms with van der Waals surface area (Å²) >= 11 is 0. The zero-order chi connectivity index (χ0) is 9.26. The van der Waals surface area contributed by atoms with Crippen LogP contribution in [0.2, 0.25) is 0 Å². The Hall–Kier alpha value is -1.91. The van der Waals surface area contributed by atoms with Crippen molar-refractivity contribution in [3.8, 4) is 11.3 Å². The van der Waals surface area contributed by atoms with E-state index in [2.05, 4.69) is 15.1 Å². The third-order valence-electron chi connectivity index (χ3n) is 1.72. The summed E-state index contributed by atoms with van der Waals surface area (Å²) in [5.41, 5.74) is 1.72. The average Bonchev–Trinajstić information content (AvgIpc) is 2.71. The van der Waals surface area contributed by atoms with E-state index in [0.717, 1.165) is 11.3 Å². The number of aromatic nitrogens is 4. The van der Waals surface area contributed by atoms with Crippen molar-refractivity contribution < 1.29 is 4.79 Å². The van der Waals surface area contributed by atoms with Gasteiger partial charge in [0.2, 0.25) is 0 Å². The fourth-order valence-electron chi connectivity index (χ4n) is 1.10. The first-order valence-electron chi connectivity index (χ1n) is 3.79. The van der Waals surface area contributed by atoms with Gasteiger partial charge in [0.1, 0.15) is 0 Å². The average molecular weight is 176 g/mol. The number of H-pyrrole nitrogens is 1. The zero-order valence-electron chi connectivity index (χ0n) is 7.06. The Balaban J connectivity index is 2.40. The predicted octanol–water partition coefficient (Wildman–Crippen LogP) is 0.623. The summed E-state index contributed by atoms with van der Waals surface area (Å²) in [6, 6.07) is 0. The summed E-state index contributed by atoms with van der Waals surface area (Å²) in [6.45, 7) is 0. The van der Waals surface area contributed by atoms with E-state index in [0.29, 0.717) is 12.1 Å². The van der Waals surface area contributed by atoms with Gasteiger partial charge < -0.3 is 4.98 Å². The first-order valence-corrected chi connectivity index (χ1v) is 3.79. The van der Waals surface area contributed by atoms with Crippen LogP contribution < -0.4 is 0 Å². The van der Waals surface area contributed by atoms with Crippen LogP contribution in [0.25, 0.3) is 11.3 Å². The van der Waals surface area contributed by atoms with Gasteiger partial charge in [-0.25, -0.2) is 4.98 Å². The van der Waals surface area contributed by atoms with Gasteiger partial charge in [0, 0.05) is 18.8 Å².